The zero-order chi connectivity index (χ0) is 14.7. The van der Waals surface area contributed by atoms with E-state index >= 15 is 0 Å². The van der Waals surface area contributed by atoms with Crippen molar-refractivity contribution >= 4 is 5.97 Å². The van der Waals surface area contributed by atoms with E-state index in [1.165, 1.54) is 0 Å². The highest BCUT2D eigenvalue weighted by atomic mass is 16.5. The quantitative estimate of drug-likeness (QED) is 0.785. The van der Waals surface area contributed by atoms with E-state index in [1.54, 1.807) is 24.0 Å². The summed E-state index contributed by atoms with van der Waals surface area (Å²) >= 11 is 0. The number of esters is 1. The molecule has 108 valence electrons. The number of oxazole rings is 1. The molecule has 6 heteroatoms. The number of hydrogen-bond donors (Lipinski definition) is 0. The van der Waals surface area contributed by atoms with Gasteiger partial charge in [0, 0.05) is 7.05 Å². The van der Waals surface area contributed by atoms with E-state index in [2.05, 4.69) is 23.8 Å². The SMILES string of the molecule is CCOC(=O)c1oc(-c2cncn2C)nc1CC(C)C. The second-order valence-electron chi connectivity index (χ2n) is 5.00. The first-order chi connectivity index (χ1) is 9.52. The first-order valence-electron chi connectivity index (χ1n) is 6.66. The minimum absolute atomic E-state index is 0.191. The smallest absolute Gasteiger partial charge is 0.376 e. The fourth-order valence-corrected chi connectivity index (χ4v) is 1.91. The molecule has 20 heavy (non-hydrogen) atoms. The van der Waals surface area contributed by atoms with Gasteiger partial charge >= 0.3 is 5.97 Å². The van der Waals surface area contributed by atoms with Gasteiger partial charge in [0.2, 0.25) is 11.7 Å². The van der Waals surface area contributed by atoms with Crippen LogP contribution >= 0.6 is 0 Å². The summed E-state index contributed by atoms with van der Waals surface area (Å²) in [6.45, 7) is 6.20. The van der Waals surface area contributed by atoms with E-state index in [0.717, 1.165) is 5.69 Å². The standard InChI is InChI=1S/C14H19N3O3/c1-5-19-14(18)12-10(6-9(2)3)16-13(20-12)11-7-15-8-17(11)4/h7-9H,5-6H2,1-4H3. The van der Waals surface area contributed by atoms with Crippen LogP contribution in [0.5, 0.6) is 0 Å². The van der Waals surface area contributed by atoms with Crippen molar-refractivity contribution in [1.82, 2.24) is 14.5 Å². The van der Waals surface area contributed by atoms with Gasteiger partial charge in [0.1, 0.15) is 5.69 Å². The van der Waals surface area contributed by atoms with Gasteiger partial charge < -0.3 is 13.7 Å². The summed E-state index contributed by atoms with van der Waals surface area (Å²) in [5.41, 5.74) is 1.36. The third kappa shape index (κ3) is 2.89. The number of ether oxygens (including phenoxy) is 1. The van der Waals surface area contributed by atoms with E-state index in [4.69, 9.17) is 9.15 Å². The maximum absolute atomic E-state index is 11.9. The van der Waals surface area contributed by atoms with Crippen LogP contribution in [-0.2, 0) is 18.2 Å². The maximum Gasteiger partial charge on any atom is 0.376 e. The molecule has 0 fully saturated rings. The van der Waals surface area contributed by atoms with Crippen LogP contribution in [0.2, 0.25) is 0 Å². The summed E-state index contributed by atoms with van der Waals surface area (Å²) < 4.78 is 12.4. The maximum atomic E-state index is 11.9. The lowest BCUT2D eigenvalue weighted by Gasteiger charge is -2.02. The first kappa shape index (κ1) is 14.3. The lowest BCUT2D eigenvalue weighted by Crippen LogP contribution is -2.08. The van der Waals surface area contributed by atoms with E-state index < -0.39 is 5.97 Å². The summed E-state index contributed by atoms with van der Waals surface area (Å²) in [6.07, 6.45) is 3.97. The van der Waals surface area contributed by atoms with Crippen molar-refractivity contribution in [2.24, 2.45) is 13.0 Å². The molecule has 0 aliphatic rings. The van der Waals surface area contributed by atoms with E-state index in [9.17, 15) is 4.79 Å². The van der Waals surface area contributed by atoms with Crippen molar-refractivity contribution < 1.29 is 13.9 Å². The molecule has 0 aliphatic heterocycles. The molecule has 0 N–H and O–H groups in total. The molecule has 0 radical (unpaired) electrons. The van der Waals surface area contributed by atoms with E-state index in [-0.39, 0.29) is 5.76 Å². The molecule has 2 heterocycles. The summed E-state index contributed by atoms with van der Waals surface area (Å²) in [4.78, 5) is 20.4. The molecule has 0 atom stereocenters. The Morgan fingerprint density at radius 2 is 2.25 bits per heavy atom. The van der Waals surface area contributed by atoms with Crippen molar-refractivity contribution in [1.29, 1.82) is 0 Å². The minimum atomic E-state index is -0.468. The number of nitrogens with zero attached hydrogens (tertiary/aromatic N) is 3. The molecular formula is C14H19N3O3. The van der Waals surface area contributed by atoms with Gasteiger partial charge in [0.25, 0.3) is 0 Å². The second kappa shape index (κ2) is 5.90. The highest BCUT2D eigenvalue weighted by Gasteiger charge is 2.23. The zero-order valence-electron chi connectivity index (χ0n) is 12.2. The van der Waals surface area contributed by atoms with E-state index in [1.807, 2.05) is 7.05 Å². The van der Waals surface area contributed by atoms with Crippen molar-refractivity contribution in [3.05, 3.63) is 24.0 Å². The fourth-order valence-electron chi connectivity index (χ4n) is 1.91. The summed E-state index contributed by atoms with van der Waals surface area (Å²) in [6, 6.07) is 0. The Morgan fingerprint density at radius 1 is 1.50 bits per heavy atom. The normalized spacial score (nSPS) is 11.1. The molecule has 0 saturated carbocycles. The van der Waals surface area contributed by atoms with Crippen LogP contribution < -0.4 is 0 Å². The highest BCUT2D eigenvalue weighted by Crippen LogP contribution is 2.23. The molecule has 0 aromatic carbocycles. The average Bonchev–Trinajstić information content (AvgIpc) is 2.95. The number of aromatic nitrogens is 3. The van der Waals surface area contributed by atoms with Crippen LogP contribution in [0.4, 0.5) is 0 Å². The van der Waals surface area contributed by atoms with E-state index in [0.29, 0.717) is 30.5 Å². The Hall–Kier alpha value is -2.11. The monoisotopic (exact) mass is 277 g/mol. The molecule has 0 unspecified atom stereocenters. The highest BCUT2D eigenvalue weighted by molar-refractivity contribution is 5.88. The van der Waals surface area contributed by atoms with Crippen molar-refractivity contribution in [2.45, 2.75) is 27.2 Å². The van der Waals surface area contributed by atoms with Gasteiger partial charge in [-0.15, -0.1) is 0 Å². The van der Waals surface area contributed by atoms with Gasteiger partial charge in [-0.05, 0) is 19.3 Å². The molecule has 0 bridgehead atoms. The number of rotatable bonds is 5. The molecule has 0 aliphatic carbocycles. The van der Waals surface area contributed by atoms with Gasteiger partial charge in [-0.1, -0.05) is 13.8 Å². The topological polar surface area (TPSA) is 70.2 Å². The molecule has 2 rings (SSSR count). The summed E-state index contributed by atoms with van der Waals surface area (Å²) in [5, 5.41) is 0. The summed E-state index contributed by atoms with van der Waals surface area (Å²) in [7, 11) is 1.85. The Kier molecular flexibility index (Phi) is 4.22. The van der Waals surface area contributed by atoms with Gasteiger partial charge in [0.15, 0.2) is 0 Å². The number of carbonyl (C=O) groups is 1. The van der Waals surface area contributed by atoms with Gasteiger partial charge in [-0.3, -0.25) is 0 Å². The van der Waals surface area contributed by atoms with Crippen LogP contribution in [0, 0.1) is 5.92 Å². The molecule has 2 aromatic rings. The number of aryl methyl sites for hydroxylation is 1. The van der Waals surface area contributed by atoms with Crippen LogP contribution in [0.15, 0.2) is 16.9 Å². The Labute approximate surface area is 117 Å². The molecule has 0 spiro atoms. The minimum Gasteiger partial charge on any atom is -0.460 e. The van der Waals surface area contributed by atoms with Crippen LogP contribution in [-0.4, -0.2) is 27.1 Å². The predicted octanol–water partition coefficient (Wildman–Crippen LogP) is 2.45. The lowest BCUT2D eigenvalue weighted by molar-refractivity contribution is 0.0489. The number of carbonyl (C=O) groups excluding carboxylic acids is 1. The number of hydrogen-bond acceptors (Lipinski definition) is 5. The van der Waals surface area contributed by atoms with Gasteiger partial charge in [-0.2, -0.15) is 0 Å². The molecule has 2 aromatic heterocycles. The fraction of sp³-hybridized carbons (Fsp3) is 0.500. The Balaban J connectivity index is 2.41. The predicted molar refractivity (Wildman–Crippen MR) is 73.2 cm³/mol. The van der Waals surface area contributed by atoms with Crippen molar-refractivity contribution in [3.63, 3.8) is 0 Å². The second-order valence-corrected chi connectivity index (χ2v) is 5.00. The molecule has 0 amide bonds. The average molecular weight is 277 g/mol. The van der Waals surface area contributed by atoms with Crippen LogP contribution in [0.3, 0.4) is 0 Å². The van der Waals surface area contributed by atoms with Crippen LogP contribution in [0.1, 0.15) is 37.0 Å². The first-order valence-corrected chi connectivity index (χ1v) is 6.66. The Morgan fingerprint density at radius 3 is 2.80 bits per heavy atom. The third-order valence-electron chi connectivity index (χ3n) is 2.80. The van der Waals surface area contributed by atoms with Gasteiger partial charge in [0.05, 0.1) is 24.8 Å². The zero-order valence-corrected chi connectivity index (χ0v) is 12.2. The molecule has 6 nitrogen and oxygen atoms in total. The molecule has 0 saturated heterocycles. The van der Waals surface area contributed by atoms with Crippen LogP contribution in [0.25, 0.3) is 11.6 Å². The summed E-state index contributed by atoms with van der Waals surface area (Å²) in [5.74, 6) is 0.484. The molecular weight excluding hydrogens is 258 g/mol. The third-order valence-corrected chi connectivity index (χ3v) is 2.80. The number of imidazole rings is 1. The largest absolute Gasteiger partial charge is 0.460 e. The van der Waals surface area contributed by atoms with Gasteiger partial charge in [-0.25, -0.2) is 14.8 Å². The Bertz CT molecular complexity index is 599. The van der Waals surface area contributed by atoms with Crippen molar-refractivity contribution in [3.8, 4) is 11.6 Å². The lowest BCUT2D eigenvalue weighted by atomic mass is 10.1. The van der Waals surface area contributed by atoms with Crippen molar-refractivity contribution in [2.75, 3.05) is 6.61 Å².